The highest BCUT2D eigenvalue weighted by atomic mass is 16.3. The second-order valence-electron chi connectivity index (χ2n) is 17.9. The largest absolute Gasteiger partial charge is 0.507 e. The predicted molar refractivity (Wildman–Crippen MR) is 227 cm³/mol. The van der Waals surface area contributed by atoms with Gasteiger partial charge in [0.1, 0.15) is 11.8 Å². The number of imide groups is 2. The molecule has 4 N–H and O–H groups in total. The van der Waals surface area contributed by atoms with Crippen LogP contribution in [0.1, 0.15) is 64.8 Å². The van der Waals surface area contributed by atoms with Gasteiger partial charge in [0.25, 0.3) is 11.8 Å². The maximum absolute atomic E-state index is 14.6. The lowest BCUT2D eigenvalue weighted by molar-refractivity contribution is -0.166. The smallest absolute Gasteiger partial charge is 0.262 e. The first-order valence-corrected chi connectivity index (χ1v) is 21.4. The van der Waals surface area contributed by atoms with E-state index in [0.29, 0.717) is 60.1 Å². The minimum atomic E-state index is -0.978. The van der Waals surface area contributed by atoms with Crippen LogP contribution >= 0.6 is 0 Å². The number of likely N-dealkylation sites (tertiary alicyclic amines) is 2. The third kappa shape index (κ3) is 6.75. The summed E-state index contributed by atoms with van der Waals surface area (Å²) in [6, 6.07) is 23.5. The lowest BCUT2D eigenvalue weighted by Crippen LogP contribution is -2.74. The number of para-hydroxylation sites is 1. The van der Waals surface area contributed by atoms with Crippen LogP contribution in [-0.4, -0.2) is 124 Å². The van der Waals surface area contributed by atoms with Gasteiger partial charge in [-0.2, -0.15) is 0 Å². The molecule has 0 radical (unpaired) electrons. The molecule has 0 saturated carbocycles. The Bertz CT molecular complexity index is 2430. The zero-order valence-electron chi connectivity index (χ0n) is 34.0. The number of benzene rings is 3. The van der Waals surface area contributed by atoms with E-state index in [1.54, 1.807) is 30.3 Å². The lowest BCUT2D eigenvalue weighted by Gasteiger charge is -2.62. The summed E-state index contributed by atoms with van der Waals surface area (Å²) < 4.78 is 0. The van der Waals surface area contributed by atoms with Crippen LogP contribution in [0.25, 0.3) is 11.3 Å². The Hall–Kier alpha value is -6.35. The first-order chi connectivity index (χ1) is 29.5. The zero-order chi connectivity index (χ0) is 42.0. The summed E-state index contributed by atoms with van der Waals surface area (Å²) in [7, 11) is 0. The fourth-order valence-corrected chi connectivity index (χ4v) is 10.8. The summed E-state index contributed by atoms with van der Waals surface area (Å²) in [6.07, 6.45) is 3.51. The number of nitrogen functional groups attached to an aromatic ring is 1. The minimum Gasteiger partial charge on any atom is -0.507 e. The summed E-state index contributed by atoms with van der Waals surface area (Å²) >= 11 is 0. The molecule has 5 saturated heterocycles. The first kappa shape index (κ1) is 38.8. The molecular formula is C46H49N9O6. The summed E-state index contributed by atoms with van der Waals surface area (Å²) in [5.41, 5.74) is 10.3. The van der Waals surface area contributed by atoms with Crippen molar-refractivity contribution in [1.82, 2.24) is 30.2 Å². The molecule has 6 aliphatic heterocycles. The standard InChI is InChI=1S/C46H49N9O6/c47-40-37(23-35(49-50-40)33-8-4-5-9-38(33)56)53-20-16-46(17-21-53,30-6-2-1-3-7-30)44(61)54-27-45(28-54)25-51(26-45)24-29-14-18-52(19-15-29)31-10-11-32-34(22-31)43(60)55(42(32)59)36-12-13-39(57)48-41(36)58/h1-11,22-23,29,36,56H,12-21,24-28H2,(H2,47,50)(H,48,57,58). The molecular weight excluding hydrogens is 775 g/mol. The molecule has 1 atom stereocenters. The number of aromatic nitrogens is 2. The second-order valence-corrected chi connectivity index (χ2v) is 17.9. The van der Waals surface area contributed by atoms with Crippen LogP contribution < -0.4 is 20.9 Å². The molecule has 0 aliphatic carbocycles. The number of nitrogens with one attached hydrogen (secondary N) is 1. The maximum atomic E-state index is 14.6. The number of carbonyl (C=O) groups is 5. The molecule has 4 aromatic rings. The number of carbonyl (C=O) groups excluding carboxylic acids is 5. The van der Waals surface area contributed by atoms with Gasteiger partial charge in [0.2, 0.25) is 17.7 Å². The van der Waals surface area contributed by atoms with E-state index < -0.39 is 35.1 Å². The van der Waals surface area contributed by atoms with E-state index >= 15 is 0 Å². The average Bonchev–Trinajstić information content (AvgIpc) is 3.49. The fourth-order valence-electron chi connectivity index (χ4n) is 10.8. The van der Waals surface area contributed by atoms with Gasteiger partial charge in [-0.05, 0) is 80.0 Å². The Labute approximate surface area is 353 Å². The number of anilines is 3. The highest BCUT2D eigenvalue weighted by molar-refractivity contribution is 6.23. The van der Waals surface area contributed by atoms with E-state index in [9.17, 15) is 29.1 Å². The van der Waals surface area contributed by atoms with Crippen LogP contribution in [0.2, 0.25) is 0 Å². The number of piperidine rings is 3. The van der Waals surface area contributed by atoms with Crippen LogP contribution in [0, 0.1) is 11.3 Å². The number of aromatic hydroxyl groups is 1. The summed E-state index contributed by atoms with van der Waals surface area (Å²) in [5.74, 6) is -0.796. The van der Waals surface area contributed by atoms with Gasteiger partial charge in [-0.1, -0.05) is 42.5 Å². The third-order valence-electron chi connectivity index (χ3n) is 14.1. The Morgan fingerprint density at radius 1 is 0.770 bits per heavy atom. The quantitative estimate of drug-likeness (QED) is 0.221. The highest BCUT2D eigenvalue weighted by Crippen LogP contribution is 2.46. The van der Waals surface area contributed by atoms with Gasteiger partial charge >= 0.3 is 0 Å². The number of amides is 5. The number of nitrogens with zero attached hydrogens (tertiary/aromatic N) is 7. The van der Waals surface area contributed by atoms with Crippen molar-refractivity contribution < 1.29 is 29.1 Å². The van der Waals surface area contributed by atoms with Gasteiger partial charge in [-0.15, -0.1) is 10.2 Å². The highest BCUT2D eigenvalue weighted by Gasteiger charge is 2.57. The summed E-state index contributed by atoms with van der Waals surface area (Å²) in [4.78, 5) is 75.4. The molecule has 1 aromatic heterocycles. The molecule has 5 amide bonds. The van der Waals surface area contributed by atoms with Crippen molar-refractivity contribution >= 4 is 46.7 Å². The number of phenolic OH excluding ortho intramolecular Hbond substituents is 1. The van der Waals surface area contributed by atoms with E-state index in [-0.39, 0.29) is 29.9 Å². The Balaban J connectivity index is 0.728. The van der Waals surface area contributed by atoms with E-state index in [1.165, 1.54) is 0 Å². The van der Waals surface area contributed by atoms with Gasteiger partial charge in [0.05, 0.1) is 27.9 Å². The number of hydrogen-bond donors (Lipinski definition) is 3. The van der Waals surface area contributed by atoms with Gasteiger partial charge in [-0.25, -0.2) is 0 Å². The van der Waals surface area contributed by atoms with Crippen molar-refractivity contribution in [3.05, 3.63) is 95.6 Å². The Morgan fingerprint density at radius 2 is 1.48 bits per heavy atom. The average molecular weight is 824 g/mol. The topological polar surface area (TPSA) is 186 Å². The minimum absolute atomic E-state index is 0.0884. The van der Waals surface area contributed by atoms with Crippen LogP contribution in [0.3, 0.4) is 0 Å². The SMILES string of the molecule is Nc1nnc(-c2ccccc2O)cc1N1CCC(C(=O)N2CC3(CN(CC4CCN(c5ccc6c(c5)C(=O)N(C5CCC(=O)NC5=O)C6=O)CC4)C3)C2)(c2ccccc2)CC1. The predicted octanol–water partition coefficient (Wildman–Crippen LogP) is 3.43. The number of fused-ring (bicyclic) bond motifs is 1. The molecule has 314 valence electrons. The van der Waals surface area contributed by atoms with Gasteiger partial charge in [-0.3, -0.25) is 34.2 Å². The van der Waals surface area contributed by atoms with E-state index in [0.717, 1.165) is 80.5 Å². The molecule has 61 heavy (non-hydrogen) atoms. The zero-order valence-corrected chi connectivity index (χ0v) is 34.0. The lowest BCUT2D eigenvalue weighted by atomic mass is 9.67. The van der Waals surface area contributed by atoms with Crippen molar-refractivity contribution in [3.63, 3.8) is 0 Å². The van der Waals surface area contributed by atoms with Crippen molar-refractivity contribution in [2.75, 3.05) is 74.4 Å². The fraction of sp³-hybridized carbons (Fsp3) is 0.413. The molecule has 3 aromatic carbocycles. The number of nitrogens with two attached hydrogens (primary N) is 1. The van der Waals surface area contributed by atoms with Crippen LogP contribution in [0.15, 0.2) is 78.9 Å². The normalized spacial score (nSPS) is 22.5. The molecule has 15 nitrogen and oxygen atoms in total. The maximum Gasteiger partial charge on any atom is 0.262 e. The molecule has 5 fully saturated rings. The van der Waals surface area contributed by atoms with Crippen molar-refractivity contribution in [1.29, 1.82) is 0 Å². The third-order valence-corrected chi connectivity index (χ3v) is 14.1. The monoisotopic (exact) mass is 823 g/mol. The van der Waals surface area contributed by atoms with Crippen LogP contribution in [-0.2, 0) is 19.8 Å². The van der Waals surface area contributed by atoms with E-state index in [2.05, 4.69) is 47.2 Å². The Morgan fingerprint density at radius 3 is 2.20 bits per heavy atom. The van der Waals surface area contributed by atoms with E-state index in [4.69, 9.17) is 5.73 Å². The van der Waals surface area contributed by atoms with E-state index in [1.807, 2.05) is 36.4 Å². The van der Waals surface area contributed by atoms with Crippen LogP contribution in [0.5, 0.6) is 5.75 Å². The van der Waals surface area contributed by atoms with Crippen LogP contribution in [0.4, 0.5) is 17.2 Å². The first-order valence-electron chi connectivity index (χ1n) is 21.4. The van der Waals surface area contributed by atoms with Crippen molar-refractivity contribution in [3.8, 4) is 17.0 Å². The van der Waals surface area contributed by atoms with Gasteiger partial charge < -0.3 is 30.4 Å². The molecule has 7 heterocycles. The number of hydrogen-bond acceptors (Lipinski definition) is 12. The van der Waals surface area contributed by atoms with Crippen molar-refractivity contribution in [2.24, 2.45) is 11.3 Å². The summed E-state index contributed by atoms with van der Waals surface area (Å²) in [6.45, 7) is 7.45. The number of phenols is 1. The number of rotatable bonds is 8. The molecule has 6 aliphatic rings. The second kappa shape index (κ2) is 15.0. The summed E-state index contributed by atoms with van der Waals surface area (Å²) in [5, 5.41) is 21.2. The molecule has 15 heteroatoms. The van der Waals surface area contributed by atoms with Crippen molar-refractivity contribution in [2.45, 2.75) is 50.0 Å². The molecule has 1 spiro atoms. The molecule has 1 unspecified atom stereocenters. The Kier molecular flexibility index (Phi) is 9.53. The molecule has 10 rings (SSSR count). The van der Waals surface area contributed by atoms with Gasteiger partial charge in [0.15, 0.2) is 5.82 Å². The molecule has 0 bridgehead atoms. The van der Waals surface area contributed by atoms with Gasteiger partial charge in [0, 0.05) is 82.0 Å².